The number of methoxy groups -OCH3 is 1. The van der Waals surface area contributed by atoms with Crippen LogP contribution in [0.25, 0.3) is 0 Å². The summed E-state index contributed by atoms with van der Waals surface area (Å²) < 4.78 is 11.3. The van der Waals surface area contributed by atoms with E-state index >= 15 is 0 Å². The molecule has 2 rings (SSSR count). The maximum absolute atomic E-state index is 5.75. The van der Waals surface area contributed by atoms with Crippen LogP contribution in [0.2, 0.25) is 0 Å². The molecule has 0 radical (unpaired) electrons. The van der Waals surface area contributed by atoms with Crippen LogP contribution in [0.3, 0.4) is 0 Å². The van der Waals surface area contributed by atoms with Crippen molar-refractivity contribution in [3.05, 3.63) is 24.0 Å². The third kappa shape index (κ3) is 2.35. The first-order valence-corrected chi connectivity index (χ1v) is 6.56. The van der Waals surface area contributed by atoms with E-state index in [9.17, 15) is 0 Å². The van der Waals surface area contributed by atoms with Crippen molar-refractivity contribution in [3.63, 3.8) is 0 Å². The van der Waals surface area contributed by atoms with E-state index in [0.717, 1.165) is 24.2 Å². The smallest absolute Gasteiger partial charge is 0.137 e. The highest BCUT2D eigenvalue weighted by Crippen LogP contribution is 2.44. The molecule has 1 fully saturated rings. The molecule has 100 valence electrons. The van der Waals surface area contributed by atoms with E-state index in [0.29, 0.717) is 6.61 Å². The fraction of sp³-hybridized carbons (Fsp3) is 0.643. The minimum atomic E-state index is -0.0821. The Labute approximate surface area is 109 Å². The number of hydrogen-bond acceptors (Lipinski definition) is 4. The minimum absolute atomic E-state index is 0.0821. The van der Waals surface area contributed by atoms with Crippen LogP contribution in [0.15, 0.2) is 18.5 Å². The van der Waals surface area contributed by atoms with Gasteiger partial charge >= 0.3 is 0 Å². The summed E-state index contributed by atoms with van der Waals surface area (Å²) in [6.07, 6.45) is 7.05. The summed E-state index contributed by atoms with van der Waals surface area (Å²) >= 11 is 0. The molecule has 1 unspecified atom stereocenters. The minimum Gasteiger partial charge on any atom is -0.492 e. The fourth-order valence-corrected chi connectivity index (χ4v) is 2.71. The molecule has 1 aliphatic carbocycles. The third-order valence-electron chi connectivity index (χ3n) is 3.80. The van der Waals surface area contributed by atoms with Crippen molar-refractivity contribution in [1.29, 1.82) is 0 Å². The summed E-state index contributed by atoms with van der Waals surface area (Å²) in [5.74, 6) is 0.820. The molecule has 1 atom stereocenters. The summed E-state index contributed by atoms with van der Waals surface area (Å²) in [4.78, 5) is 4.26. The van der Waals surface area contributed by atoms with Crippen LogP contribution in [-0.4, -0.2) is 31.3 Å². The first kappa shape index (κ1) is 13.3. The molecular weight excluding hydrogens is 228 g/mol. The predicted molar refractivity (Wildman–Crippen MR) is 70.8 cm³/mol. The molecule has 0 amide bonds. The number of pyridine rings is 1. The van der Waals surface area contributed by atoms with E-state index in [-0.39, 0.29) is 11.6 Å². The molecule has 0 saturated heterocycles. The number of aromatic nitrogens is 1. The molecule has 1 aromatic rings. The Bertz CT molecular complexity index is 386. The largest absolute Gasteiger partial charge is 0.492 e. The Morgan fingerprint density at radius 1 is 1.44 bits per heavy atom. The third-order valence-corrected chi connectivity index (χ3v) is 3.80. The van der Waals surface area contributed by atoms with Crippen LogP contribution in [0.5, 0.6) is 5.75 Å². The molecule has 0 aromatic carbocycles. The Morgan fingerprint density at radius 2 is 2.22 bits per heavy atom. The molecule has 1 N–H and O–H groups in total. The van der Waals surface area contributed by atoms with Crippen LogP contribution in [0.4, 0.5) is 0 Å². The van der Waals surface area contributed by atoms with Crippen LogP contribution in [-0.2, 0) is 4.74 Å². The summed E-state index contributed by atoms with van der Waals surface area (Å²) in [6, 6.07) is 2.22. The lowest BCUT2D eigenvalue weighted by Crippen LogP contribution is -2.49. The number of likely N-dealkylation sites (N-methyl/N-ethyl adjacent to an activating group) is 1. The Balaban J connectivity index is 2.24. The standard InChI is InChI=1S/C14H22N2O2/c1-4-18-12-8-11(9-16-10-12)13(15-2)14(17-3)6-5-7-14/h8-10,13,15H,4-7H2,1-3H3. The molecule has 0 bridgehead atoms. The van der Waals surface area contributed by atoms with E-state index in [1.165, 1.54) is 6.42 Å². The average molecular weight is 250 g/mol. The predicted octanol–water partition coefficient (Wildman–Crippen LogP) is 2.31. The lowest BCUT2D eigenvalue weighted by atomic mass is 9.72. The van der Waals surface area contributed by atoms with Gasteiger partial charge in [-0.2, -0.15) is 0 Å². The highest BCUT2D eigenvalue weighted by Gasteiger charge is 2.44. The summed E-state index contributed by atoms with van der Waals surface area (Å²) in [6.45, 7) is 2.63. The lowest BCUT2D eigenvalue weighted by molar-refractivity contribution is -0.0984. The summed E-state index contributed by atoms with van der Waals surface area (Å²) in [5.41, 5.74) is 1.05. The normalized spacial score (nSPS) is 19.1. The quantitative estimate of drug-likeness (QED) is 0.841. The van der Waals surface area contributed by atoms with Crippen molar-refractivity contribution < 1.29 is 9.47 Å². The molecule has 1 aromatic heterocycles. The molecule has 0 spiro atoms. The van der Waals surface area contributed by atoms with Crippen molar-refractivity contribution in [1.82, 2.24) is 10.3 Å². The van der Waals surface area contributed by atoms with Gasteiger partial charge in [-0.05, 0) is 44.9 Å². The monoisotopic (exact) mass is 250 g/mol. The zero-order valence-corrected chi connectivity index (χ0v) is 11.4. The Kier molecular flexibility index (Phi) is 4.19. The molecule has 1 aliphatic rings. The number of nitrogens with one attached hydrogen (secondary N) is 1. The Hall–Kier alpha value is -1.13. The van der Waals surface area contributed by atoms with Crippen LogP contribution >= 0.6 is 0 Å². The topological polar surface area (TPSA) is 43.4 Å². The number of hydrogen-bond donors (Lipinski definition) is 1. The molecule has 4 nitrogen and oxygen atoms in total. The number of ether oxygens (including phenoxy) is 2. The lowest BCUT2D eigenvalue weighted by Gasteiger charge is -2.46. The molecule has 1 heterocycles. The zero-order chi connectivity index (χ0) is 13.0. The van der Waals surface area contributed by atoms with E-state index in [1.807, 2.05) is 20.2 Å². The average Bonchev–Trinajstić information content (AvgIpc) is 2.34. The molecule has 4 heteroatoms. The van der Waals surface area contributed by atoms with E-state index in [1.54, 1.807) is 13.3 Å². The van der Waals surface area contributed by atoms with Crippen LogP contribution in [0.1, 0.15) is 37.8 Å². The first-order chi connectivity index (χ1) is 8.75. The number of nitrogens with zero attached hydrogens (tertiary/aromatic N) is 1. The second-order valence-electron chi connectivity index (χ2n) is 4.73. The van der Waals surface area contributed by atoms with E-state index in [2.05, 4.69) is 16.4 Å². The second kappa shape index (κ2) is 5.67. The van der Waals surface area contributed by atoms with Gasteiger partial charge in [0.05, 0.1) is 24.4 Å². The van der Waals surface area contributed by atoms with Gasteiger partial charge in [-0.3, -0.25) is 4.98 Å². The van der Waals surface area contributed by atoms with Gasteiger partial charge in [0.15, 0.2) is 0 Å². The van der Waals surface area contributed by atoms with Gasteiger partial charge in [0.2, 0.25) is 0 Å². The van der Waals surface area contributed by atoms with Gasteiger partial charge in [0.1, 0.15) is 5.75 Å². The second-order valence-corrected chi connectivity index (χ2v) is 4.73. The van der Waals surface area contributed by atoms with Crippen molar-refractivity contribution in [2.45, 2.75) is 37.8 Å². The van der Waals surface area contributed by atoms with E-state index < -0.39 is 0 Å². The summed E-state index contributed by atoms with van der Waals surface area (Å²) in [7, 11) is 3.76. The van der Waals surface area contributed by atoms with Crippen LogP contribution < -0.4 is 10.1 Å². The van der Waals surface area contributed by atoms with Gasteiger partial charge in [0, 0.05) is 13.3 Å². The molecule has 1 saturated carbocycles. The van der Waals surface area contributed by atoms with Gasteiger partial charge in [-0.15, -0.1) is 0 Å². The van der Waals surface area contributed by atoms with Gasteiger partial charge in [0.25, 0.3) is 0 Å². The van der Waals surface area contributed by atoms with Gasteiger partial charge in [-0.25, -0.2) is 0 Å². The maximum atomic E-state index is 5.75. The van der Waals surface area contributed by atoms with Gasteiger partial charge < -0.3 is 14.8 Å². The summed E-state index contributed by atoms with van der Waals surface area (Å²) in [5, 5.41) is 3.36. The number of rotatable bonds is 6. The van der Waals surface area contributed by atoms with E-state index in [4.69, 9.17) is 9.47 Å². The fourth-order valence-electron chi connectivity index (χ4n) is 2.71. The maximum Gasteiger partial charge on any atom is 0.137 e. The molecular formula is C14H22N2O2. The van der Waals surface area contributed by atoms with Crippen molar-refractivity contribution in [2.75, 3.05) is 20.8 Å². The Morgan fingerprint density at radius 3 is 2.72 bits per heavy atom. The van der Waals surface area contributed by atoms with Crippen molar-refractivity contribution in [3.8, 4) is 5.75 Å². The molecule has 18 heavy (non-hydrogen) atoms. The highest BCUT2D eigenvalue weighted by atomic mass is 16.5. The van der Waals surface area contributed by atoms with Crippen LogP contribution in [0, 0.1) is 0 Å². The SMILES string of the molecule is CCOc1cncc(C(NC)C2(OC)CCC2)c1. The highest BCUT2D eigenvalue weighted by molar-refractivity contribution is 5.29. The molecule has 0 aliphatic heterocycles. The zero-order valence-electron chi connectivity index (χ0n) is 11.4. The van der Waals surface area contributed by atoms with Crippen molar-refractivity contribution in [2.24, 2.45) is 0 Å². The first-order valence-electron chi connectivity index (χ1n) is 6.56. The van der Waals surface area contributed by atoms with Crippen molar-refractivity contribution >= 4 is 0 Å². The van der Waals surface area contributed by atoms with Gasteiger partial charge in [-0.1, -0.05) is 0 Å².